The Kier molecular flexibility index (Phi) is 5.65. The van der Waals surface area contributed by atoms with Gasteiger partial charge >= 0.3 is 0 Å². The lowest BCUT2D eigenvalue weighted by atomic mass is 10.2. The first-order chi connectivity index (χ1) is 9.95. The zero-order chi connectivity index (χ0) is 15.4. The highest BCUT2D eigenvalue weighted by Gasteiger charge is 2.18. The number of nitrogens with one attached hydrogen (secondary N) is 1. The lowest BCUT2D eigenvalue weighted by Gasteiger charge is -2.23. The second kappa shape index (κ2) is 7.27. The molecule has 0 radical (unpaired) electrons. The van der Waals surface area contributed by atoms with Crippen molar-refractivity contribution >= 4 is 46.1 Å². The summed E-state index contributed by atoms with van der Waals surface area (Å²) in [5.41, 5.74) is 0.605. The minimum Gasteiger partial charge on any atom is -0.325 e. The van der Waals surface area contributed by atoms with E-state index in [2.05, 4.69) is 11.4 Å². The Hall–Kier alpha value is -1.07. The first kappa shape index (κ1) is 16.3. The summed E-state index contributed by atoms with van der Waals surface area (Å²) in [6, 6.07) is 8.79. The van der Waals surface area contributed by atoms with Crippen LogP contribution >= 0.6 is 34.5 Å². The number of likely N-dealkylation sites (N-methyl/N-ethyl adjacent to an activating group) is 1. The fourth-order valence-corrected chi connectivity index (χ4v) is 3.15. The van der Waals surface area contributed by atoms with E-state index in [4.69, 9.17) is 23.2 Å². The number of carbonyl (C=O) groups excluding carboxylic acids is 1. The third-order valence-electron chi connectivity index (χ3n) is 3.16. The monoisotopic (exact) mass is 342 g/mol. The molecule has 0 saturated heterocycles. The zero-order valence-electron chi connectivity index (χ0n) is 11.8. The number of hydrogen-bond acceptors (Lipinski definition) is 3. The molecule has 3 nitrogen and oxygen atoms in total. The fourth-order valence-electron chi connectivity index (χ4n) is 1.86. The quantitative estimate of drug-likeness (QED) is 0.866. The summed E-state index contributed by atoms with van der Waals surface area (Å²) in [6.45, 7) is 2.61. The molecule has 0 saturated carbocycles. The second-order valence-electron chi connectivity index (χ2n) is 4.82. The van der Waals surface area contributed by atoms with E-state index in [1.165, 1.54) is 4.88 Å². The molecule has 1 atom stereocenters. The van der Waals surface area contributed by atoms with E-state index in [1.54, 1.807) is 29.5 Å². The number of benzene rings is 1. The maximum Gasteiger partial charge on any atom is 0.241 e. The first-order valence-electron chi connectivity index (χ1n) is 6.45. The van der Waals surface area contributed by atoms with Crippen molar-refractivity contribution in [3.63, 3.8) is 0 Å². The zero-order valence-corrected chi connectivity index (χ0v) is 14.1. The highest BCUT2D eigenvalue weighted by molar-refractivity contribution is 7.09. The van der Waals surface area contributed by atoms with Crippen LogP contribution in [0.2, 0.25) is 10.0 Å². The molecule has 1 aromatic carbocycles. The Morgan fingerprint density at radius 2 is 2.00 bits per heavy atom. The molecule has 0 unspecified atom stereocenters. The van der Waals surface area contributed by atoms with Gasteiger partial charge in [0.05, 0.1) is 6.04 Å². The normalized spacial score (nSPS) is 12.4. The average Bonchev–Trinajstić information content (AvgIpc) is 2.89. The summed E-state index contributed by atoms with van der Waals surface area (Å²) in [5, 5.41) is 5.86. The molecule has 1 amide bonds. The first-order valence-corrected chi connectivity index (χ1v) is 8.09. The van der Waals surface area contributed by atoms with Crippen LogP contribution in [0.15, 0.2) is 35.7 Å². The van der Waals surface area contributed by atoms with Crippen molar-refractivity contribution in [2.75, 3.05) is 12.4 Å². The van der Waals surface area contributed by atoms with Gasteiger partial charge < -0.3 is 5.32 Å². The fraction of sp³-hybridized carbons (Fsp3) is 0.267. The molecule has 0 aliphatic heterocycles. The van der Waals surface area contributed by atoms with Crippen molar-refractivity contribution in [3.05, 3.63) is 50.6 Å². The van der Waals surface area contributed by atoms with Gasteiger partial charge in [-0.2, -0.15) is 0 Å². The van der Waals surface area contributed by atoms with Gasteiger partial charge in [0, 0.05) is 27.2 Å². The maximum atomic E-state index is 12.3. The molecule has 0 aliphatic carbocycles. The smallest absolute Gasteiger partial charge is 0.241 e. The summed E-state index contributed by atoms with van der Waals surface area (Å²) >= 11 is 13.5. The van der Waals surface area contributed by atoms with E-state index < -0.39 is 0 Å². The number of rotatable bonds is 5. The van der Waals surface area contributed by atoms with Gasteiger partial charge in [-0.15, -0.1) is 11.3 Å². The second-order valence-corrected chi connectivity index (χ2v) is 6.72. The molecular formula is C15H16Cl2N2OS. The van der Waals surface area contributed by atoms with Crippen LogP contribution in [0, 0.1) is 0 Å². The lowest BCUT2D eigenvalue weighted by Crippen LogP contribution is -2.39. The molecule has 2 aromatic rings. The lowest BCUT2D eigenvalue weighted by molar-refractivity contribution is -0.120. The Bertz CT molecular complexity index is 596. The maximum absolute atomic E-state index is 12.3. The highest BCUT2D eigenvalue weighted by atomic mass is 35.5. The van der Waals surface area contributed by atoms with Crippen LogP contribution in [0.1, 0.15) is 11.8 Å². The molecule has 0 bridgehead atoms. The number of anilines is 1. The predicted octanol–water partition coefficient (Wildman–Crippen LogP) is 4.51. The van der Waals surface area contributed by atoms with E-state index in [0.717, 1.165) is 6.54 Å². The Morgan fingerprint density at radius 3 is 2.57 bits per heavy atom. The minimum absolute atomic E-state index is 0.0904. The Balaban J connectivity index is 1.98. The number of hydrogen-bond donors (Lipinski definition) is 1. The van der Waals surface area contributed by atoms with E-state index >= 15 is 0 Å². The van der Waals surface area contributed by atoms with Crippen LogP contribution in [0.4, 0.5) is 5.69 Å². The SMILES string of the molecule is C[C@H](C(=O)Nc1cc(Cl)cc(Cl)c1)N(C)Cc1cccs1. The van der Waals surface area contributed by atoms with Gasteiger partial charge in [-0.25, -0.2) is 0 Å². The predicted molar refractivity (Wildman–Crippen MR) is 90.3 cm³/mol. The third-order valence-corrected chi connectivity index (χ3v) is 4.45. The molecule has 0 aliphatic rings. The summed E-state index contributed by atoms with van der Waals surface area (Å²) in [6.07, 6.45) is 0. The molecule has 0 spiro atoms. The van der Waals surface area contributed by atoms with Crippen molar-refractivity contribution in [2.24, 2.45) is 0 Å². The minimum atomic E-state index is -0.259. The summed E-state index contributed by atoms with van der Waals surface area (Å²) < 4.78 is 0. The van der Waals surface area contributed by atoms with Gasteiger partial charge in [-0.05, 0) is 43.6 Å². The molecule has 0 fully saturated rings. The van der Waals surface area contributed by atoms with Crippen LogP contribution < -0.4 is 5.32 Å². The van der Waals surface area contributed by atoms with Crippen LogP contribution in [-0.4, -0.2) is 23.9 Å². The van der Waals surface area contributed by atoms with Crippen molar-refractivity contribution in [2.45, 2.75) is 19.5 Å². The van der Waals surface area contributed by atoms with Gasteiger partial charge in [-0.1, -0.05) is 29.3 Å². The summed E-state index contributed by atoms with van der Waals surface area (Å²) in [7, 11) is 1.93. The van der Waals surface area contributed by atoms with Crippen molar-refractivity contribution < 1.29 is 4.79 Å². The standard InChI is InChI=1S/C15H16Cl2N2OS/c1-10(19(2)9-14-4-3-5-21-14)15(20)18-13-7-11(16)6-12(17)8-13/h3-8,10H,9H2,1-2H3,(H,18,20)/t10-/m1/s1. The summed E-state index contributed by atoms with van der Waals surface area (Å²) in [5.74, 6) is -0.0904. The van der Waals surface area contributed by atoms with E-state index in [-0.39, 0.29) is 11.9 Å². The third kappa shape index (κ3) is 4.71. The highest BCUT2D eigenvalue weighted by Crippen LogP contribution is 2.23. The van der Waals surface area contributed by atoms with Gasteiger partial charge in [0.1, 0.15) is 0 Å². The number of thiophene rings is 1. The number of amides is 1. The molecule has 1 aromatic heterocycles. The molecule has 1 heterocycles. The number of carbonyl (C=O) groups is 1. The Labute approximate surface area is 138 Å². The average molecular weight is 343 g/mol. The summed E-state index contributed by atoms with van der Waals surface area (Å²) in [4.78, 5) is 15.5. The number of nitrogens with zero attached hydrogens (tertiary/aromatic N) is 1. The van der Waals surface area contributed by atoms with Crippen molar-refractivity contribution in [1.82, 2.24) is 4.90 Å². The van der Waals surface area contributed by atoms with E-state index in [0.29, 0.717) is 15.7 Å². The van der Waals surface area contributed by atoms with Crippen LogP contribution in [0.5, 0.6) is 0 Å². The molecule has 21 heavy (non-hydrogen) atoms. The van der Waals surface area contributed by atoms with E-state index in [9.17, 15) is 4.79 Å². The van der Waals surface area contributed by atoms with Gasteiger partial charge in [0.2, 0.25) is 5.91 Å². The topological polar surface area (TPSA) is 32.3 Å². The van der Waals surface area contributed by atoms with Crippen molar-refractivity contribution in [1.29, 1.82) is 0 Å². The molecule has 112 valence electrons. The van der Waals surface area contributed by atoms with E-state index in [1.807, 2.05) is 30.3 Å². The van der Waals surface area contributed by atoms with Gasteiger partial charge in [0.25, 0.3) is 0 Å². The number of halogens is 2. The van der Waals surface area contributed by atoms with Crippen LogP contribution in [0.3, 0.4) is 0 Å². The van der Waals surface area contributed by atoms with Crippen molar-refractivity contribution in [3.8, 4) is 0 Å². The largest absolute Gasteiger partial charge is 0.325 e. The Morgan fingerprint density at radius 1 is 1.33 bits per heavy atom. The van der Waals surface area contributed by atoms with Gasteiger partial charge in [-0.3, -0.25) is 9.69 Å². The molecule has 2 rings (SSSR count). The van der Waals surface area contributed by atoms with Crippen LogP contribution in [-0.2, 0) is 11.3 Å². The molecule has 6 heteroatoms. The molecule has 1 N–H and O–H groups in total. The van der Waals surface area contributed by atoms with Crippen LogP contribution in [0.25, 0.3) is 0 Å². The molecular weight excluding hydrogens is 327 g/mol. The van der Waals surface area contributed by atoms with Gasteiger partial charge in [0.15, 0.2) is 0 Å².